The fourth-order valence-electron chi connectivity index (χ4n) is 4.72. The summed E-state index contributed by atoms with van der Waals surface area (Å²) < 4.78 is 41.3. The van der Waals surface area contributed by atoms with E-state index in [1.807, 2.05) is 0 Å². The number of amides is 3. The van der Waals surface area contributed by atoms with Gasteiger partial charge in [0.05, 0.1) is 0 Å². The number of hydrogen-bond acceptors (Lipinski definition) is 5. The molecule has 0 bridgehead atoms. The SMILES string of the molecule is CC1CC(C(F)(F)F)N(Cc2cccc3c2CN(C2CCC(=O)NC2=O)C3=O)CCN1. The largest absolute Gasteiger partial charge is 0.404 e. The zero-order valence-electron chi connectivity index (χ0n) is 17.2. The molecular weight excluding hydrogens is 413 g/mol. The normalized spacial score (nSPS) is 27.8. The second kappa shape index (κ2) is 8.23. The summed E-state index contributed by atoms with van der Waals surface area (Å²) in [6.45, 7) is 2.65. The molecule has 0 aliphatic carbocycles. The van der Waals surface area contributed by atoms with Gasteiger partial charge in [-0.05, 0) is 37.0 Å². The number of halogens is 3. The third-order valence-corrected chi connectivity index (χ3v) is 6.34. The maximum atomic E-state index is 13.8. The summed E-state index contributed by atoms with van der Waals surface area (Å²) in [7, 11) is 0. The van der Waals surface area contributed by atoms with Gasteiger partial charge < -0.3 is 10.2 Å². The number of carbonyl (C=O) groups excluding carboxylic acids is 3. The van der Waals surface area contributed by atoms with E-state index in [1.165, 1.54) is 9.80 Å². The van der Waals surface area contributed by atoms with E-state index in [9.17, 15) is 27.6 Å². The molecule has 3 heterocycles. The van der Waals surface area contributed by atoms with Crippen molar-refractivity contribution in [2.24, 2.45) is 0 Å². The van der Waals surface area contributed by atoms with Gasteiger partial charge in [-0.15, -0.1) is 0 Å². The van der Waals surface area contributed by atoms with Crippen molar-refractivity contribution in [1.82, 2.24) is 20.4 Å². The summed E-state index contributed by atoms with van der Waals surface area (Å²) in [5, 5.41) is 5.36. The van der Waals surface area contributed by atoms with Gasteiger partial charge in [0.2, 0.25) is 11.8 Å². The van der Waals surface area contributed by atoms with Crippen LogP contribution in [0.5, 0.6) is 0 Å². The summed E-state index contributed by atoms with van der Waals surface area (Å²) in [5.74, 6) is -1.21. The van der Waals surface area contributed by atoms with Gasteiger partial charge in [0.1, 0.15) is 12.1 Å². The number of alkyl halides is 3. The summed E-state index contributed by atoms with van der Waals surface area (Å²) in [6.07, 6.45) is -4.01. The Morgan fingerprint density at radius 1 is 1.19 bits per heavy atom. The number of piperidine rings is 1. The lowest BCUT2D eigenvalue weighted by Crippen LogP contribution is -2.52. The van der Waals surface area contributed by atoms with E-state index in [-0.39, 0.29) is 56.8 Å². The van der Waals surface area contributed by atoms with Crippen LogP contribution in [0.4, 0.5) is 13.2 Å². The van der Waals surface area contributed by atoms with E-state index in [4.69, 9.17) is 0 Å². The molecule has 0 aromatic heterocycles. The fraction of sp³-hybridized carbons (Fsp3) is 0.571. The highest BCUT2D eigenvalue weighted by atomic mass is 19.4. The first kappa shape index (κ1) is 21.8. The number of carbonyl (C=O) groups is 3. The number of imide groups is 1. The van der Waals surface area contributed by atoms with Crippen LogP contribution in [0.15, 0.2) is 18.2 Å². The van der Waals surface area contributed by atoms with Crippen molar-refractivity contribution in [2.45, 2.75) is 63.6 Å². The number of rotatable bonds is 3. The van der Waals surface area contributed by atoms with Crippen LogP contribution in [0.25, 0.3) is 0 Å². The quantitative estimate of drug-likeness (QED) is 0.701. The van der Waals surface area contributed by atoms with Gasteiger partial charge in [-0.2, -0.15) is 13.2 Å². The zero-order valence-corrected chi connectivity index (χ0v) is 17.2. The molecule has 0 saturated carbocycles. The molecule has 3 unspecified atom stereocenters. The molecule has 0 radical (unpaired) electrons. The minimum Gasteiger partial charge on any atom is -0.322 e. The predicted octanol–water partition coefficient (Wildman–Crippen LogP) is 1.56. The van der Waals surface area contributed by atoms with E-state index >= 15 is 0 Å². The predicted molar refractivity (Wildman–Crippen MR) is 105 cm³/mol. The highest BCUT2D eigenvalue weighted by Crippen LogP contribution is 2.34. The average molecular weight is 438 g/mol. The van der Waals surface area contributed by atoms with Crippen LogP contribution in [0, 0.1) is 0 Å². The first-order valence-corrected chi connectivity index (χ1v) is 10.4. The van der Waals surface area contributed by atoms with Crippen LogP contribution < -0.4 is 10.6 Å². The standard InChI is InChI=1S/C21H25F3N4O3/c1-12-9-17(21(22,23)24)27(8-7-25-12)10-13-3-2-4-14-15(13)11-28(20(14)31)16-5-6-18(29)26-19(16)30/h2-4,12,16-17,25H,5-11H2,1H3,(H,26,29,30). The molecule has 31 heavy (non-hydrogen) atoms. The van der Waals surface area contributed by atoms with E-state index < -0.39 is 24.2 Å². The van der Waals surface area contributed by atoms with E-state index in [0.29, 0.717) is 23.2 Å². The number of nitrogens with zero attached hydrogens (tertiary/aromatic N) is 2. The first-order chi connectivity index (χ1) is 14.6. The Kier molecular flexibility index (Phi) is 5.78. The van der Waals surface area contributed by atoms with Gasteiger partial charge >= 0.3 is 6.18 Å². The van der Waals surface area contributed by atoms with Crippen molar-refractivity contribution in [3.8, 4) is 0 Å². The zero-order chi connectivity index (χ0) is 22.3. The van der Waals surface area contributed by atoms with Gasteiger partial charge in [0, 0.05) is 44.2 Å². The van der Waals surface area contributed by atoms with E-state index in [2.05, 4.69) is 10.6 Å². The second-order valence-corrected chi connectivity index (χ2v) is 8.46. The van der Waals surface area contributed by atoms with Crippen LogP contribution in [-0.4, -0.2) is 64.9 Å². The molecular formula is C21H25F3N4O3. The molecule has 2 saturated heterocycles. The lowest BCUT2D eigenvalue weighted by Gasteiger charge is -2.32. The molecule has 2 N–H and O–H groups in total. The third-order valence-electron chi connectivity index (χ3n) is 6.34. The third kappa shape index (κ3) is 4.31. The second-order valence-electron chi connectivity index (χ2n) is 8.46. The number of hydrogen-bond donors (Lipinski definition) is 2. The molecule has 3 atom stereocenters. The Morgan fingerprint density at radius 3 is 2.68 bits per heavy atom. The smallest absolute Gasteiger partial charge is 0.322 e. The van der Waals surface area contributed by atoms with Crippen molar-refractivity contribution in [3.05, 3.63) is 34.9 Å². The lowest BCUT2D eigenvalue weighted by molar-refractivity contribution is -0.186. The molecule has 168 valence electrons. The molecule has 3 aliphatic heterocycles. The topological polar surface area (TPSA) is 81.8 Å². The van der Waals surface area contributed by atoms with Crippen molar-refractivity contribution in [2.75, 3.05) is 13.1 Å². The summed E-state index contributed by atoms with van der Waals surface area (Å²) >= 11 is 0. The van der Waals surface area contributed by atoms with Gasteiger partial charge in [0.25, 0.3) is 5.91 Å². The Balaban J connectivity index is 1.58. The molecule has 7 nitrogen and oxygen atoms in total. The van der Waals surface area contributed by atoms with Gasteiger partial charge in [-0.3, -0.25) is 24.6 Å². The molecule has 2 fully saturated rings. The Labute approximate surface area is 177 Å². The maximum absolute atomic E-state index is 13.8. The van der Waals surface area contributed by atoms with Gasteiger partial charge in [0.15, 0.2) is 0 Å². The molecule has 1 aromatic carbocycles. The maximum Gasteiger partial charge on any atom is 0.404 e. The monoisotopic (exact) mass is 438 g/mol. The molecule has 4 rings (SSSR count). The summed E-state index contributed by atoms with van der Waals surface area (Å²) in [5.41, 5.74) is 1.72. The minimum absolute atomic E-state index is 0.0418. The fourth-order valence-corrected chi connectivity index (χ4v) is 4.72. The molecule has 10 heteroatoms. The Hall–Kier alpha value is -2.46. The highest BCUT2D eigenvalue weighted by molar-refractivity contribution is 6.05. The van der Waals surface area contributed by atoms with Crippen LogP contribution in [-0.2, 0) is 22.7 Å². The molecule has 0 spiro atoms. The summed E-state index contributed by atoms with van der Waals surface area (Å²) in [4.78, 5) is 39.5. The van der Waals surface area contributed by atoms with E-state index in [0.717, 1.165) is 0 Å². The van der Waals surface area contributed by atoms with Crippen LogP contribution in [0.3, 0.4) is 0 Å². The average Bonchev–Trinajstić information content (AvgIpc) is 2.89. The van der Waals surface area contributed by atoms with Crippen LogP contribution in [0.2, 0.25) is 0 Å². The number of nitrogens with one attached hydrogen (secondary N) is 2. The van der Waals surface area contributed by atoms with Gasteiger partial charge in [-0.1, -0.05) is 12.1 Å². The molecule has 1 aromatic rings. The lowest BCUT2D eigenvalue weighted by atomic mass is 10.0. The van der Waals surface area contributed by atoms with Gasteiger partial charge in [-0.25, -0.2) is 0 Å². The summed E-state index contributed by atoms with van der Waals surface area (Å²) in [6, 6.07) is 2.48. The number of benzene rings is 1. The van der Waals surface area contributed by atoms with Crippen LogP contribution in [0.1, 0.15) is 47.7 Å². The Bertz CT molecular complexity index is 904. The highest BCUT2D eigenvalue weighted by Gasteiger charge is 2.45. The van der Waals surface area contributed by atoms with E-state index in [1.54, 1.807) is 25.1 Å². The number of fused-ring (bicyclic) bond motifs is 1. The minimum atomic E-state index is -4.35. The molecule has 3 amide bonds. The van der Waals surface area contributed by atoms with Crippen molar-refractivity contribution in [3.63, 3.8) is 0 Å². The van der Waals surface area contributed by atoms with Crippen molar-refractivity contribution >= 4 is 17.7 Å². The van der Waals surface area contributed by atoms with Crippen molar-refractivity contribution in [1.29, 1.82) is 0 Å². The molecule has 3 aliphatic rings. The van der Waals surface area contributed by atoms with Crippen LogP contribution >= 0.6 is 0 Å². The Morgan fingerprint density at radius 2 is 1.97 bits per heavy atom. The van der Waals surface area contributed by atoms with Crippen molar-refractivity contribution < 1.29 is 27.6 Å². The first-order valence-electron chi connectivity index (χ1n) is 10.4.